The number of rotatable bonds is 5. The summed E-state index contributed by atoms with van der Waals surface area (Å²) in [5.74, 6) is -0.611. The molecule has 2 amide bonds. The second kappa shape index (κ2) is 9.20. The first-order valence-electron chi connectivity index (χ1n) is 9.04. The normalized spacial score (nSPS) is 10.1. The van der Waals surface area contributed by atoms with Gasteiger partial charge in [0.1, 0.15) is 16.8 Å². The number of amides is 2. The van der Waals surface area contributed by atoms with Gasteiger partial charge in [-0.1, -0.05) is 6.07 Å². The third kappa shape index (κ3) is 4.60. The van der Waals surface area contributed by atoms with Crippen molar-refractivity contribution in [2.45, 2.75) is 13.8 Å². The van der Waals surface area contributed by atoms with E-state index in [0.29, 0.717) is 16.0 Å². The van der Waals surface area contributed by atoms with Crippen LogP contribution < -0.4 is 10.6 Å². The molecule has 0 aliphatic rings. The molecular formula is C21H16BrN7O2. The third-order valence-corrected chi connectivity index (χ3v) is 4.76. The smallest absolute Gasteiger partial charge is 0.274 e. The van der Waals surface area contributed by atoms with Crippen LogP contribution in [0.1, 0.15) is 37.5 Å². The average Bonchev–Trinajstić information content (AvgIpc) is 3.14. The molecule has 154 valence electrons. The maximum Gasteiger partial charge on any atom is 0.274 e. The molecule has 2 aromatic heterocycles. The Hall–Kier alpha value is -4.02. The van der Waals surface area contributed by atoms with Crippen molar-refractivity contribution in [3.05, 3.63) is 69.1 Å². The summed E-state index contributed by atoms with van der Waals surface area (Å²) in [6.07, 6.45) is 1.60. The molecule has 0 fully saturated rings. The number of aryl methyl sites for hydroxylation is 2. The van der Waals surface area contributed by atoms with E-state index in [1.807, 2.05) is 25.1 Å². The predicted molar refractivity (Wildman–Crippen MR) is 116 cm³/mol. The Kier molecular flexibility index (Phi) is 6.43. The third-order valence-electron chi connectivity index (χ3n) is 4.37. The lowest BCUT2D eigenvalue weighted by atomic mass is 10.0. The van der Waals surface area contributed by atoms with Gasteiger partial charge in [-0.05, 0) is 59.1 Å². The minimum absolute atomic E-state index is 0.0827. The van der Waals surface area contributed by atoms with E-state index in [0.717, 1.165) is 5.56 Å². The zero-order valence-corrected chi connectivity index (χ0v) is 18.2. The molecule has 10 heteroatoms. The second-order valence-corrected chi connectivity index (χ2v) is 7.34. The van der Waals surface area contributed by atoms with Gasteiger partial charge < -0.3 is 10.6 Å². The maximum absolute atomic E-state index is 13.2. The van der Waals surface area contributed by atoms with Crippen molar-refractivity contribution in [2.75, 3.05) is 11.9 Å². The highest BCUT2D eigenvalue weighted by atomic mass is 79.9. The van der Waals surface area contributed by atoms with Gasteiger partial charge in [0.05, 0.1) is 29.0 Å². The molecule has 0 aliphatic carbocycles. The molecule has 0 saturated heterocycles. The van der Waals surface area contributed by atoms with Gasteiger partial charge in [-0.3, -0.25) is 9.59 Å². The highest BCUT2D eigenvalue weighted by Crippen LogP contribution is 2.25. The van der Waals surface area contributed by atoms with Gasteiger partial charge in [0.15, 0.2) is 5.82 Å². The summed E-state index contributed by atoms with van der Waals surface area (Å²) in [7, 11) is 0. The summed E-state index contributed by atoms with van der Waals surface area (Å²) >= 11 is 3.29. The van der Waals surface area contributed by atoms with Crippen molar-refractivity contribution in [2.24, 2.45) is 0 Å². The van der Waals surface area contributed by atoms with Gasteiger partial charge in [0, 0.05) is 12.3 Å². The fourth-order valence-corrected chi connectivity index (χ4v) is 3.34. The summed E-state index contributed by atoms with van der Waals surface area (Å²) in [6.45, 7) is 3.32. The summed E-state index contributed by atoms with van der Waals surface area (Å²) in [4.78, 5) is 30.0. The van der Waals surface area contributed by atoms with Gasteiger partial charge >= 0.3 is 0 Å². The van der Waals surface area contributed by atoms with Crippen LogP contribution in [0.3, 0.4) is 0 Å². The van der Waals surface area contributed by atoms with Crippen LogP contribution in [-0.2, 0) is 0 Å². The standard InChI is InChI=1S/C21H16BrN7O2/c1-12-4-3-6-25-19(12)29-16(10-17(22)28-29)21(31)27-18-13(2)8-14(11-24)9-15(18)20(30)26-7-5-23/h3-4,6,8-10H,7H2,1-2H3,(H,26,30)(H,27,31). The number of benzene rings is 1. The molecule has 9 nitrogen and oxygen atoms in total. The zero-order chi connectivity index (χ0) is 22.5. The van der Waals surface area contributed by atoms with E-state index in [1.54, 1.807) is 25.3 Å². The topological polar surface area (TPSA) is 136 Å². The molecule has 0 unspecified atom stereocenters. The van der Waals surface area contributed by atoms with Gasteiger partial charge in [-0.2, -0.15) is 15.6 Å². The van der Waals surface area contributed by atoms with Crippen molar-refractivity contribution in [1.82, 2.24) is 20.1 Å². The van der Waals surface area contributed by atoms with Crippen molar-refractivity contribution in [3.63, 3.8) is 0 Å². The van der Waals surface area contributed by atoms with Gasteiger partial charge in [-0.25, -0.2) is 9.67 Å². The van der Waals surface area contributed by atoms with E-state index in [9.17, 15) is 14.9 Å². The van der Waals surface area contributed by atoms with Crippen LogP contribution in [0.5, 0.6) is 0 Å². The molecule has 3 aromatic rings. The van der Waals surface area contributed by atoms with Crippen LogP contribution in [-0.4, -0.2) is 33.1 Å². The fraction of sp³-hybridized carbons (Fsp3) is 0.143. The van der Waals surface area contributed by atoms with Gasteiger partial charge in [0.2, 0.25) is 0 Å². The first kappa shape index (κ1) is 21.7. The number of halogens is 1. The first-order chi connectivity index (χ1) is 14.8. The molecule has 0 atom stereocenters. The van der Waals surface area contributed by atoms with Crippen molar-refractivity contribution in [3.8, 4) is 18.0 Å². The van der Waals surface area contributed by atoms with E-state index in [1.165, 1.54) is 16.8 Å². The number of carbonyl (C=O) groups excluding carboxylic acids is 2. The highest BCUT2D eigenvalue weighted by molar-refractivity contribution is 9.10. The molecule has 2 heterocycles. The molecule has 1 aromatic carbocycles. The second-order valence-electron chi connectivity index (χ2n) is 6.53. The SMILES string of the molecule is Cc1cccnc1-n1nc(Br)cc1C(=O)Nc1c(C)cc(C#N)cc1C(=O)NCC#N. The Balaban J connectivity index is 2.04. The molecule has 0 saturated carbocycles. The van der Waals surface area contributed by atoms with E-state index < -0.39 is 11.8 Å². The summed E-state index contributed by atoms with van der Waals surface area (Å²) in [6, 6.07) is 11.9. The Morgan fingerprint density at radius 2 is 1.94 bits per heavy atom. The highest BCUT2D eigenvalue weighted by Gasteiger charge is 2.22. The Bertz CT molecular complexity index is 1270. The number of nitrogens with zero attached hydrogens (tertiary/aromatic N) is 5. The van der Waals surface area contributed by atoms with Crippen LogP contribution in [0.2, 0.25) is 0 Å². The predicted octanol–water partition coefficient (Wildman–Crippen LogP) is 3.02. The first-order valence-corrected chi connectivity index (χ1v) is 9.83. The Morgan fingerprint density at radius 3 is 2.61 bits per heavy atom. The van der Waals surface area contributed by atoms with Crippen LogP contribution in [0.15, 0.2) is 41.1 Å². The summed E-state index contributed by atoms with van der Waals surface area (Å²) in [5.41, 5.74) is 2.11. The number of nitriles is 2. The molecule has 0 spiro atoms. The van der Waals surface area contributed by atoms with Crippen molar-refractivity contribution >= 4 is 33.4 Å². The number of anilines is 1. The van der Waals surface area contributed by atoms with Crippen LogP contribution in [0, 0.1) is 36.5 Å². The molecule has 0 radical (unpaired) electrons. The van der Waals surface area contributed by atoms with Crippen molar-refractivity contribution in [1.29, 1.82) is 10.5 Å². The van der Waals surface area contributed by atoms with Crippen LogP contribution in [0.4, 0.5) is 5.69 Å². The summed E-state index contributed by atoms with van der Waals surface area (Å²) < 4.78 is 1.84. The number of hydrogen-bond acceptors (Lipinski definition) is 6. The number of carbonyl (C=O) groups is 2. The van der Waals surface area contributed by atoms with E-state index in [-0.39, 0.29) is 29.1 Å². The molecule has 0 bridgehead atoms. The van der Waals surface area contributed by atoms with Crippen LogP contribution in [0.25, 0.3) is 5.82 Å². The monoisotopic (exact) mass is 477 g/mol. The average molecular weight is 478 g/mol. The largest absolute Gasteiger partial charge is 0.339 e. The number of nitrogens with one attached hydrogen (secondary N) is 2. The fourth-order valence-electron chi connectivity index (χ4n) is 2.96. The molecule has 2 N–H and O–H groups in total. The van der Waals surface area contributed by atoms with E-state index in [2.05, 4.69) is 36.6 Å². The van der Waals surface area contributed by atoms with Crippen LogP contribution >= 0.6 is 15.9 Å². The molecule has 3 rings (SSSR count). The minimum atomic E-state index is -0.577. The van der Waals surface area contributed by atoms with E-state index >= 15 is 0 Å². The zero-order valence-electron chi connectivity index (χ0n) is 16.6. The van der Waals surface area contributed by atoms with Crippen molar-refractivity contribution < 1.29 is 9.59 Å². The minimum Gasteiger partial charge on any atom is -0.339 e. The molecule has 0 aliphatic heterocycles. The number of hydrogen-bond donors (Lipinski definition) is 2. The quantitative estimate of drug-likeness (QED) is 0.541. The maximum atomic E-state index is 13.2. The Morgan fingerprint density at radius 1 is 1.16 bits per heavy atom. The lowest BCUT2D eigenvalue weighted by molar-refractivity contribution is 0.0959. The van der Waals surface area contributed by atoms with Gasteiger partial charge in [0.25, 0.3) is 11.8 Å². The molecular weight excluding hydrogens is 462 g/mol. The Labute approximate surface area is 186 Å². The van der Waals surface area contributed by atoms with Gasteiger partial charge in [-0.15, -0.1) is 0 Å². The van der Waals surface area contributed by atoms with E-state index in [4.69, 9.17) is 5.26 Å². The molecule has 31 heavy (non-hydrogen) atoms. The number of aromatic nitrogens is 3. The summed E-state index contributed by atoms with van der Waals surface area (Å²) in [5, 5.41) is 27.5. The lowest BCUT2D eigenvalue weighted by Gasteiger charge is -2.15. The lowest BCUT2D eigenvalue weighted by Crippen LogP contribution is -2.26. The number of pyridine rings is 1.